The molecule has 29 valence electrons. The summed E-state index contributed by atoms with van der Waals surface area (Å²) in [6.45, 7) is 0. The Labute approximate surface area is 47.3 Å². The molecule has 0 aromatic carbocycles. The van der Waals surface area contributed by atoms with E-state index in [1.54, 1.807) is 0 Å². The van der Waals surface area contributed by atoms with Crippen LogP contribution >= 0.6 is 0 Å². The summed E-state index contributed by atoms with van der Waals surface area (Å²) in [6, 6.07) is 0. The predicted molar refractivity (Wildman–Crippen MR) is 8.52 cm³/mol. The molecule has 0 aromatic heterocycles. The van der Waals surface area contributed by atoms with Gasteiger partial charge in [0.2, 0.25) is 0 Å². The summed E-state index contributed by atoms with van der Waals surface area (Å²) in [6.07, 6.45) is 0. The zero-order valence-corrected chi connectivity index (χ0v) is 6.45. The quantitative estimate of drug-likeness (QED) is 0.544. The first kappa shape index (κ1) is 8.89. The Kier molecular flexibility index (Phi) is 79.8. The molecule has 2 nitrogen and oxygen atoms in total. The van der Waals surface area contributed by atoms with Gasteiger partial charge < -0.3 is 0 Å². The normalized spacial score (nSPS) is 2.50. The van der Waals surface area contributed by atoms with E-state index in [1.165, 1.54) is 0 Å². The van der Waals surface area contributed by atoms with Crippen LogP contribution < -0.4 is 0 Å². The molecule has 0 amide bonds. The van der Waals surface area contributed by atoms with Crippen LogP contribution in [0.3, 0.4) is 0 Å². The van der Waals surface area contributed by atoms with E-state index < -0.39 is 0 Å². The van der Waals surface area contributed by atoms with Crippen molar-refractivity contribution in [3.8, 4) is 0 Å². The molecule has 0 heterocycles. The standard InChI is InChI=1S/Bi.Cu.2O.H. The molecule has 0 rings (SSSR count). The Balaban J connectivity index is 0. The van der Waals surface area contributed by atoms with Gasteiger partial charge in [0.15, 0.2) is 0 Å². The molecule has 0 spiro atoms. The molecule has 0 saturated carbocycles. The fourth-order valence-electron chi connectivity index (χ4n) is 0. The first-order valence-electron chi connectivity index (χ1n) is 0.327. The van der Waals surface area contributed by atoms with E-state index in [-0.39, 0.29) is 24.7 Å². The van der Waals surface area contributed by atoms with Gasteiger partial charge in [-0.05, 0) is 0 Å². The fourth-order valence-corrected chi connectivity index (χ4v) is 0. The van der Waals surface area contributed by atoms with Gasteiger partial charge in [0.1, 0.15) is 0 Å². The van der Waals surface area contributed by atoms with Gasteiger partial charge in [-0.1, -0.05) is 0 Å². The molecule has 4 heteroatoms. The third-order valence-electron chi connectivity index (χ3n) is 0. The Bertz CT molecular complexity index is 8.00. The van der Waals surface area contributed by atoms with Gasteiger partial charge in [-0.15, -0.1) is 0 Å². The Morgan fingerprint density at radius 2 is 1.25 bits per heavy atom. The average molecular weight is 306 g/mol. The van der Waals surface area contributed by atoms with Crippen molar-refractivity contribution in [3.63, 3.8) is 0 Å². The second-order valence-electron chi connectivity index (χ2n) is 0. The van der Waals surface area contributed by atoms with E-state index >= 15 is 0 Å². The zero-order chi connectivity index (χ0) is 4.00. The number of hydrogen-bond donors (Lipinski definition) is 0. The van der Waals surface area contributed by atoms with Crippen LogP contribution in [-0.2, 0) is 22.6 Å². The molecule has 0 fully saturated rings. The van der Waals surface area contributed by atoms with E-state index in [9.17, 15) is 0 Å². The van der Waals surface area contributed by atoms with Crippen molar-refractivity contribution in [2.24, 2.45) is 0 Å². The first-order valence-corrected chi connectivity index (χ1v) is 2.30. The van der Waals surface area contributed by atoms with Crippen molar-refractivity contribution >= 4 is 24.7 Å². The van der Waals surface area contributed by atoms with Crippen molar-refractivity contribution < 1.29 is 22.6 Å². The number of rotatable bonds is 0. The fraction of sp³-hybridized carbons (Fsp3) is 0. The van der Waals surface area contributed by atoms with Crippen LogP contribution in [0.25, 0.3) is 0 Å². The van der Waals surface area contributed by atoms with E-state index in [2.05, 4.69) is 15.9 Å². The van der Waals surface area contributed by atoms with Crippen LogP contribution in [0, 0.1) is 0 Å². The maximum absolute atomic E-state index is 8.39. The Morgan fingerprint density at radius 1 is 1.25 bits per heavy atom. The van der Waals surface area contributed by atoms with Crippen LogP contribution in [0.4, 0.5) is 0 Å². The second-order valence-corrected chi connectivity index (χ2v) is 0. The molecule has 0 aromatic rings. The van der Waals surface area contributed by atoms with Gasteiger partial charge in [-0.2, -0.15) is 0 Å². The Morgan fingerprint density at radius 3 is 1.25 bits per heavy atom. The molecular formula is HBiCuO2. The van der Waals surface area contributed by atoms with Crippen LogP contribution in [-0.4, -0.2) is 24.7 Å². The SMILES string of the molecule is [O]=[BiH].[O]=[Cu]. The van der Waals surface area contributed by atoms with Crippen molar-refractivity contribution in [3.05, 3.63) is 0 Å². The molecule has 0 aliphatic heterocycles. The summed E-state index contributed by atoms with van der Waals surface area (Å²) >= 11 is 2.99. The van der Waals surface area contributed by atoms with Gasteiger partial charge in [0.05, 0.1) is 0 Å². The van der Waals surface area contributed by atoms with Gasteiger partial charge in [0, 0.05) is 0 Å². The van der Waals surface area contributed by atoms with Crippen molar-refractivity contribution in [1.29, 1.82) is 0 Å². The van der Waals surface area contributed by atoms with Crippen LogP contribution in [0.15, 0.2) is 0 Å². The molecule has 0 N–H and O–H groups in total. The van der Waals surface area contributed by atoms with Gasteiger partial charge in [0.25, 0.3) is 0 Å². The molecule has 4 heavy (non-hydrogen) atoms. The number of hydrogen-bond acceptors (Lipinski definition) is 2. The molecule has 0 saturated heterocycles. The van der Waals surface area contributed by atoms with E-state index in [1.807, 2.05) is 0 Å². The maximum atomic E-state index is 8.39. The zero-order valence-electron chi connectivity index (χ0n) is 1.62. The molecule has 0 radical (unpaired) electrons. The van der Waals surface area contributed by atoms with Crippen molar-refractivity contribution in [2.45, 2.75) is 0 Å². The summed E-state index contributed by atoms with van der Waals surface area (Å²) in [7, 11) is 0. The Hall–Kier alpha value is 1.00. The van der Waals surface area contributed by atoms with Crippen LogP contribution in [0.1, 0.15) is 0 Å². The summed E-state index contributed by atoms with van der Waals surface area (Å²) in [5.41, 5.74) is 0. The molecule has 0 aliphatic carbocycles. The molecular weight excluding hydrogens is 305 g/mol. The summed E-state index contributed by atoms with van der Waals surface area (Å²) in [4.78, 5) is 0. The van der Waals surface area contributed by atoms with Crippen LogP contribution in [0.2, 0.25) is 0 Å². The third-order valence-corrected chi connectivity index (χ3v) is 0. The van der Waals surface area contributed by atoms with E-state index in [4.69, 9.17) is 6.65 Å². The summed E-state index contributed by atoms with van der Waals surface area (Å²) < 4.78 is 16.2. The molecule has 0 unspecified atom stereocenters. The molecule has 0 aliphatic rings. The predicted octanol–water partition coefficient (Wildman–Crippen LogP) is -0.889. The molecule has 0 atom stereocenters. The average Bonchev–Trinajstić information content (AvgIpc) is 1.50. The summed E-state index contributed by atoms with van der Waals surface area (Å²) in [5.74, 6) is 0. The van der Waals surface area contributed by atoms with E-state index in [0.717, 1.165) is 0 Å². The van der Waals surface area contributed by atoms with Crippen LogP contribution in [0.5, 0.6) is 0 Å². The second kappa shape index (κ2) is 35.9. The van der Waals surface area contributed by atoms with Crippen molar-refractivity contribution in [1.82, 2.24) is 0 Å². The minimum absolute atomic E-state index is 0.0556. The minimum atomic E-state index is 0.0556. The van der Waals surface area contributed by atoms with Crippen molar-refractivity contribution in [2.75, 3.05) is 0 Å². The first-order chi connectivity index (χ1) is 2.00. The molecule has 0 bridgehead atoms. The van der Waals surface area contributed by atoms with Gasteiger partial charge >= 0.3 is 47.3 Å². The van der Waals surface area contributed by atoms with E-state index in [0.29, 0.717) is 0 Å². The summed E-state index contributed by atoms with van der Waals surface area (Å²) in [5, 5.41) is 0. The van der Waals surface area contributed by atoms with Gasteiger partial charge in [-0.25, -0.2) is 0 Å². The third kappa shape index (κ3) is 12.0. The topological polar surface area (TPSA) is 34.1 Å². The monoisotopic (exact) mass is 305 g/mol. The van der Waals surface area contributed by atoms with Gasteiger partial charge in [-0.3, -0.25) is 0 Å².